The molecule has 0 N–H and O–H groups in total. The third-order valence-corrected chi connectivity index (χ3v) is 4.77. The molecule has 0 atom stereocenters. The number of halogens is 3. The lowest BCUT2D eigenvalue weighted by molar-refractivity contribution is -0.142. The molecule has 0 amide bonds. The summed E-state index contributed by atoms with van der Waals surface area (Å²) >= 11 is 10.3. The predicted molar refractivity (Wildman–Crippen MR) is 74.8 cm³/mol. The summed E-state index contributed by atoms with van der Waals surface area (Å²) < 4.78 is 6.81. The highest BCUT2D eigenvalue weighted by Gasteiger charge is 2.13. The average molecular weight is 415 g/mol. The predicted octanol–water partition coefficient (Wildman–Crippen LogP) is 4.21. The van der Waals surface area contributed by atoms with Crippen LogP contribution in [0.4, 0.5) is 0 Å². The number of rotatable bonds is 4. The maximum Gasteiger partial charge on any atom is 0.310 e. The lowest BCUT2D eigenvalue weighted by atomic mass is 10.1. The van der Waals surface area contributed by atoms with Gasteiger partial charge in [-0.3, -0.25) is 4.79 Å². The fourth-order valence-corrected chi connectivity index (χ4v) is 2.73. The van der Waals surface area contributed by atoms with E-state index < -0.39 is 0 Å². The van der Waals surface area contributed by atoms with E-state index in [4.69, 9.17) is 4.74 Å². The van der Waals surface area contributed by atoms with Gasteiger partial charge in [0.05, 0.1) is 13.0 Å². The van der Waals surface area contributed by atoms with Crippen LogP contribution in [-0.4, -0.2) is 12.6 Å². The van der Waals surface area contributed by atoms with Gasteiger partial charge in [-0.05, 0) is 56.0 Å². The van der Waals surface area contributed by atoms with Crippen molar-refractivity contribution in [1.82, 2.24) is 0 Å². The van der Waals surface area contributed by atoms with Crippen molar-refractivity contribution in [2.45, 2.75) is 18.7 Å². The van der Waals surface area contributed by atoms with E-state index >= 15 is 0 Å². The van der Waals surface area contributed by atoms with Crippen LogP contribution in [0.15, 0.2) is 21.1 Å². The zero-order chi connectivity index (χ0) is 12.1. The first-order valence-corrected chi connectivity index (χ1v) is 7.48. The van der Waals surface area contributed by atoms with E-state index in [9.17, 15) is 4.79 Å². The molecule has 1 aromatic carbocycles. The zero-order valence-electron chi connectivity index (χ0n) is 8.73. The molecule has 0 heterocycles. The van der Waals surface area contributed by atoms with Gasteiger partial charge >= 0.3 is 5.97 Å². The van der Waals surface area contributed by atoms with Crippen molar-refractivity contribution in [3.63, 3.8) is 0 Å². The average Bonchev–Trinajstić information content (AvgIpc) is 2.25. The van der Waals surface area contributed by atoms with Crippen LogP contribution in [0.5, 0.6) is 0 Å². The maximum atomic E-state index is 11.5. The van der Waals surface area contributed by atoms with Crippen molar-refractivity contribution in [2.75, 3.05) is 6.61 Å². The smallest absolute Gasteiger partial charge is 0.310 e. The molecule has 0 radical (unpaired) electrons. The fraction of sp³-hybridized carbons (Fsp3) is 0.364. The van der Waals surface area contributed by atoms with Crippen LogP contribution in [0.25, 0.3) is 0 Å². The number of benzene rings is 1. The molecule has 0 aliphatic carbocycles. The second-order valence-corrected chi connectivity index (χ2v) is 5.32. The topological polar surface area (TPSA) is 26.3 Å². The van der Waals surface area contributed by atoms with Gasteiger partial charge in [0.15, 0.2) is 0 Å². The molecule has 0 aliphatic heterocycles. The number of carbonyl (C=O) groups excluding carboxylic acids is 1. The molecule has 5 heteroatoms. The van der Waals surface area contributed by atoms with Crippen LogP contribution in [0.1, 0.15) is 18.1 Å². The fourth-order valence-electron chi connectivity index (χ4n) is 1.31. The minimum Gasteiger partial charge on any atom is -0.466 e. The van der Waals surface area contributed by atoms with Gasteiger partial charge in [0.1, 0.15) is 0 Å². The number of hydrogen-bond acceptors (Lipinski definition) is 2. The first kappa shape index (κ1) is 14.2. The third-order valence-electron chi connectivity index (χ3n) is 2.06. The number of esters is 1. The van der Waals surface area contributed by atoms with Gasteiger partial charge < -0.3 is 4.74 Å². The van der Waals surface area contributed by atoms with Crippen molar-refractivity contribution >= 4 is 53.8 Å². The molecule has 0 aromatic heterocycles. The summed E-state index contributed by atoms with van der Waals surface area (Å²) in [5.74, 6) is -0.205. The summed E-state index contributed by atoms with van der Waals surface area (Å²) in [7, 11) is 0. The van der Waals surface area contributed by atoms with Crippen LogP contribution in [0, 0.1) is 0 Å². The molecule has 0 bridgehead atoms. The van der Waals surface area contributed by atoms with E-state index in [1.165, 1.54) is 0 Å². The summed E-state index contributed by atoms with van der Waals surface area (Å²) in [6.07, 6.45) is 0.287. The Morgan fingerprint density at radius 2 is 2.06 bits per heavy atom. The SMILES string of the molecule is CCOC(=O)Cc1c(CBr)ccc(Br)c1Br. The lowest BCUT2D eigenvalue weighted by Gasteiger charge is -2.10. The number of alkyl halides is 1. The molecular weight excluding hydrogens is 404 g/mol. The molecule has 0 saturated heterocycles. The van der Waals surface area contributed by atoms with E-state index in [1.54, 1.807) is 6.92 Å². The Kier molecular flexibility index (Phi) is 6.00. The summed E-state index contributed by atoms with van der Waals surface area (Å²) in [6.45, 7) is 2.22. The second kappa shape index (κ2) is 6.77. The molecule has 0 spiro atoms. The van der Waals surface area contributed by atoms with Gasteiger partial charge in [-0.2, -0.15) is 0 Å². The molecular formula is C11H11Br3O2. The Labute approximate surface area is 120 Å². The summed E-state index contributed by atoms with van der Waals surface area (Å²) in [5, 5.41) is 0.716. The highest BCUT2D eigenvalue weighted by atomic mass is 79.9. The summed E-state index contributed by atoms with van der Waals surface area (Å²) in [4.78, 5) is 11.5. The van der Waals surface area contributed by atoms with Crippen LogP contribution >= 0.6 is 47.8 Å². The Bertz CT molecular complexity index is 391. The second-order valence-electron chi connectivity index (χ2n) is 3.11. The van der Waals surface area contributed by atoms with Crippen molar-refractivity contribution in [3.05, 3.63) is 32.2 Å². The molecule has 0 unspecified atom stereocenters. The monoisotopic (exact) mass is 412 g/mol. The van der Waals surface area contributed by atoms with Gasteiger partial charge in [0.25, 0.3) is 0 Å². The first-order valence-electron chi connectivity index (χ1n) is 4.77. The molecule has 2 nitrogen and oxygen atoms in total. The van der Waals surface area contributed by atoms with E-state index in [0.717, 1.165) is 20.1 Å². The van der Waals surface area contributed by atoms with E-state index in [0.29, 0.717) is 11.9 Å². The lowest BCUT2D eigenvalue weighted by Crippen LogP contribution is -2.09. The standard InChI is InChI=1S/C11H11Br3O2/c1-2-16-10(15)5-8-7(6-12)3-4-9(13)11(8)14/h3-4H,2,5-6H2,1H3. The minimum atomic E-state index is -0.205. The van der Waals surface area contributed by atoms with Crippen molar-refractivity contribution in [2.24, 2.45) is 0 Å². The molecule has 0 saturated carbocycles. The van der Waals surface area contributed by atoms with E-state index in [-0.39, 0.29) is 12.4 Å². The molecule has 88 valence electrons. The molecule has 0 fully saturated rings. The summed E-state index contributed by atoms with van der Waals surface area (Å²) in [6, 6.07) is 3.94. The number of hydrogen-bond donors (Lipinski definition) is 0. The van der Waals surface area contributed by atoms with Crippen LogP contribution in [0.3, 0.4) is 0 Å². The highest BCUT2D eigenvalue weighted by Crippen LogP contribution is 2.31. The summed E-state index contributed by atoms with van der Waals surface area (Å²) in [5.41, 5.74) is 2.05. The Balaban J connectivity index is 3.00. The Hall–Kier alpha value is 0.130. The van der Waals surface area contributed by atoms with Gasteiger partial charge in [-0.15, -0.1) is 0 Å². The third kappa shape index (κ3) is 3.57. The molecule has 0 aliphatic rings. The van der Waals surface area contributed by atoms with E-state index in [1.807, 2.05) is 12.1 Å². The van der Waals surface area contributed by atoms with E-state index in [2.05, 4.69) is 47.8 Å². The van der Waals surface area contributed by atoms with Crippen molar-refractivity contribution in [3.8, 4) is 0 Å². The molecule has 16 heavy (non-hydrogen) atoms. The van der Waals surface area contributed by atoms with Crippen LogP contribution in [0.2, 0.25) is 0 Å². The van der Waals surface area contributed by atoms with Gasteiger partial charge in [-0.1, -0.05) is 22.0 Å². The van der Waals surface area contributed by atoms with Gasteiger partial charge in [0.2, 0.25) is 0 Å². The molecule has 1 aromatic rings. The Morgan fingerprint density at radius 3 is 2.62 bits per heavy atom. The van der Waals surface area contributed by atoms with Gasteiger partial charge in [-0.25, -0.2) is 0 Å². The van der Waals surface area contributed by atoms with Crippen LogP contribution in [-0.2, 0) is 21.3 Å². The quantitative estimate of drug-likeness (QED) is 0.545. The molecule has 1 rings (SSSR count). The normalized spacial score (nSPS) is 10.2. The highest BCUT2D eigenvalue weighted by molar-refractivity contribution is 9.13. The largest absolute Gasteiger partial charge is 0.466 e. The first-order chi connectivity index (χ1) is 7.60. The van der Waals surface area contributed by atoms with Crippen LogP contribution < -0.4 is 0 Å². The van der Waals surface area contributed by atoms with Gasteiger partial charge in [0, 0.05) is 14.3 Å². The Morgan fingerprint density at radius 1 is 1.38 bits per heavy atom. The van der Waals surface area contributed by atoms with Crippen molar-refractivity contribution < 1.29 is 9.53 Å². The zero-order valence-corrected chi connectivity index (χ0v) is 13.5. The maximum absolute atomic E-state index is 11.5. The number of ether oxygens (including phenoxy) is 1. The minimum absolute atomic E-state index is 0.205. The number of carbonyl (C=O) groups is 1. The van der Waals surface area contributed by atoms with Crippen molar-refractivity contribution in [1.29, 1.82) is 0 Å².